The number of hydrogen-bond acceptors (Lipinski definition) is 6. The quantitative estimate of drug-likeness (QED) is 0.702. The fourth-order valence-corrected chi connectivity index (χ4v) is 4.65. The first-order chi connectivity index (χ1) is 15.0. The van der Waals surface area contributed by atoms with Crippen LogP contribution in [-0.4, -0.2) is 67.8 Å². The lowest BCUT2D eigenvalue weighted by molar-refractivity contribution is -0.0293. The van der Waals surface area contributed by atoms with E-state index >= 15 is 0 Å². The van der Waals surface area contributed by atoms with E-state index in [9.17, 15) is 10.2 Å². The average Bonchev–Trinajstić information content (AvgIpc) is 2.80. The Labute approximate surface area is 184 Å². The van der Waals surface area contributed by atoms with Crippen LogP contribution in [0.3, 0.4) is 0 Å². The van der Waals surface area contributed by atoms with Crippen molar-refractivity contribution in [2.75, 3.05) is 46.6 Å². The van der Waals surface area contributed by atoms with Crippen LogP contribution in [0.4, 0.5) is 0 Å². The summed E-state index contributed by atoms with van der Waals surface area (Å²) >= 11 is 0. The second kappa shape index (κ2) is 9.90. The average molecular weight is 428 g/mol. The van der Waals surface area contributed by atoms with Crippen LogP contribution in [0, 0.1) is 5.41 Å². The molecule has 1 unspecified atom stereocenters. The minimum absolute atomic E-state index is 0.228. The van der Waals surface area contributed by atoms with Gasteiger partial charge in [-0.3, -0.25) is 0 Å². The van der Waals surface area contributed by atoms with Crippen LogP contribution in [0.15, 0.2) is 42.5 Å². The SMILES string of the molecule is COc1cc(OCC(O)CN2CCC3(CCOCC3)CC2)cc(-c2ccc(O)cc2)c1. The molecule has 2 aromatic rings. The van der Waals surface area contributed by atoms with Gasteiger partial charge >= 0.3 is 0 Å². The van der Waals surface area contributed by atoms with Gasteiger partial charge in [0.25, 0.3) is 0 Å². The molecule has 1 atom stereocenters. The monoisotopic (exact) mass is 427 g/mol. The van der Waals surface area contributed by atoms with Gasteiger partial charge in [-0.25, -0.2) is 0 Å². The van der Waals surface area contributed by atoms with Crippen molar-refractivity contribution in [3.63, 3.8) is 0 Å². The van der Waals surface area contributed by atoms with E-state index in [1.807, 2.05) is 30.3 Å². The predicted octanol–water partition coefficient (Wildman–Crippen LogP) is 3.70. The Balaban J connectivity index is 1.31. The van der Waals surface area contributed by atoms with Crippen molar-refractivity contribution >= 4 is 0 Å². The standard InChI is InChI=1S/C25H33NO5/c1-29-23-14-20(19-2-4-21(27)5-3-19)15-24(16-23)31-18-22(28)17-26-10-6-25(7-11-26)8-12-30-13-9-25/h2-5,14-16,22,27-28H,6-13,17-18H2,1H3. The molecule has 2 aromatic carbocycles. The zero-order valence-corrected chi connectivity index (χ0v) is 18.3. The summed E-state index contributed by atoms with van der Waals surface area (Å²) in [5, 5.41) is 20.1. The van der Waals surface area contributed by atoms with Crippen molar-refractivity contribution < 1.29 is 24.4 Å². The number of β-amino-alcohol motifs (C(OH)–C–C–N with tert-alkyl or cyclic N) is 1. The molecule has 6 heteroatoms. The zero-order chi connectivity index (χ0) is 21.7. The molecule has 168 valence electrons. The van der Waals surface area contributed by atoms with Crippen molar-refractivity contribution in [2.45, 2.75) is 31.8 Å². The van der Waals surface area contributed by atoms with Crippen molar-refractivity contribution in [1.29, 1.82) is 0 Å². The number of aliphatic hydroxyl groups excluding tert-OH is 1. The smallest absolute Gasteiger partial charge is 0.123 e. The number of aromatic hydroxyl groups is 1. The number of benzene rings is 2. The van der Waals surface area contributed by atoms with E-state index in [1.165, 1.54) is 25.7 Å². The van der Waals surface area contributed by atoms with Crippen LogP contribution in [-0.2, 0) is 4.74 Å². The number of piperidine rings is 1. The largest absolute Gasteiger partial charge is 0.508 e. The highest BCUT2D eigenvalue weighted by Crippen LogP contribution is 2.40. The first-order valence-electron chi connectivity index (χ1n) is 11.1. The van der Waals surface area contributed by atoms with Gasteiger partial charge in [0.15, 0.2) is 0 Å². The van der Waals surface area contributed by atoms with Crippen LogP contribution in [0.1, 0.15) is 25.7 Å². The molecule has 0 bridgehead atoms. The Morgan fingerprint density at radius 1 is 0.968 bits per heavy atom. The highest BCUT2D eigenvalue weighted by atomic mass is 16.5. The number of likely N-dealkylation sites (tertiary alicyclic amines) is 1. The number of phenols is 1. The third-order valence-electron chi connectivity index (χ3n) is 6.70. The van der Waals surface area contributed by atoms with Gasteiger partial charge < -0.3 is 29.3 Å². The third kappa shape index (κ3) is 5.70. The van der Waals surface area contributed by atoms with Gasteiger partial charge in [-0.05, 0) is 79.6 Å². The molecule has 2 aliphatic heterocycles. The molecule has 0 amide bonds. The molecule has 2 aliphatic rings. The van der Waals surface area contributed by atoms with E-state index in [2.05, 4.69) is 4.90 Å². The molecular formula is C25H33NO5. The number of methoxy groups -OCH3 is 1. The summed E-state index contributed by atoms with van der Waals surface area (Å²) in [6, 6.07) is 12.7. The molecule has 2 N–H and O–H groups in total. The maximum absolute atomic E-state index is 10.6. The van der Waals surface area contributed by atoms with Gasteiger partial charge in [-0.15, -0.1) is 0 Å². The van der Waals surface area contributed by atoms with Crippen LogP contribution in [0.5, 0.6) is 17.2 Å². The third-order valence-corrected chi connectivity index (χ3v) is 6.70. The molecule has 6 nitrogen and oxygen atoms in total. The van der Waals surface area contributed by atoms with Gasteiger partial charge in [0.1, 0.15) is 30.0 Å². The van der Waals surface area contributed by atoms with Gasteiger partial charge in [0.2, 0.25) is 0 Å². The summed E-state index contributed by atoms with van der Waals surface area (Å²) in [6.45, 7) is 4.70. The minimum Gasteiger partial charge on any atom is -0.508 e. The van der Waals surface area contributed by atoms with E-state index in [0.29, 0.717) is 23.5 Å². The highest BCUT2D eigenvalue weighted by Gasteiger charge is 2.36. The lowest BCUT2D eigenvalue weighted by atomic mass is 9.72. The Morgan fingerprint density at radius 2 is 1.65 bits per heavy atom. The van der Waals surface area contributed by atoms with Crippen LogP contribution >= 0.6 is 0 Å². The number of phenolic OH excluding ortho intramolecular Hbond substituents is 1. The number of ether oxygens (including phenoxy) is 3. The van der Waals surface area contributed by atoms with E-state index in [0.717, 1.165) is 37.4 Å². The fraction of sp³-hybridized carbons (Fsp3) is 0.520. The van der Waals surface area contributed by atoms with E-state index in [4.69, 9.17) is 14.2 Å². The Hall–Kier alpha value is -2.28. The van der Waals surface area contributed by atoms with Crippen molar-refractivity contribution in [3.8, 4) is 28.4 Å². The molecule has 2 fully saturated rings. The fourth-order valence-electron chi connectivity index (χ4n) is 4.65. The van der Waals surface area contributed by atoms with Gasteiger partial charge in [0.05, 0.1) is 7.11 Å². The second-order valence-corrected chi connectivity index (χ2v) is 8.82. The second-order valence-electron chi connectivity index (χ2n) is 8.82. The number of aliphatic hydroxyl groups is 1. The van der Waals surface area contributed by atoms with Crippen LogP contribution in [0.2, 0.25) is 0 Å². The number of nitrogens with zero attached hydrogens (tertiary/aromatic N) is 1. The molecule has 4 rings (SSSR count). The zero-order valence-electron chi connectivity index (χ0n) is 18.3. The summed E-state index contributed by atoms with van der Waals surface area (Å²) in [6.07, 6.45) is 4.18. The molecule has 0 aliphatic carbocycles. The van der Waals surface area contributed by atoms with Gasteiger partial charge in [-0.1, -0.05) is 12.1 Å². The topological polar surface area (TPSA) is 71.4 Å². The van der Waals surface area contributed by atoms with Gasteiger partial charge in [-0.2, -0.15) is 0 Å². The maximum Gasteiger partial charge on any atom is 0.123 e. The van der Waals surface area contributed by atoms with E-state index in [-0.39, 0.29) is 12.4 Å². The van der Waals surface area contributed by atoms with E-state index in [1.54, 1.807) is 19.2 Å². The Bertz CT molecular complexity index is 837. The lowest BCUT2D eigenvalue weighted by Crippen LogP contribution is -2.46. The summed E-state index contributed by atoms with van der Waals surface area (Å²) in [4.78, 5) is 2.35. The predicted molar refractivity (Wildman–Crippen MR) is 120 cm³/mol. The Kier molecular flexibility index (Phi) is 7.00. The van der Waals surface area contributed by atoms with Crippen molar-refractivity contribution in [2.24, 2.45) is 5.41 Å². The highest BCUT2D eigenvalue weighted by molar-refractivity contribution is 5.67. The molecule has 1 spiro atoms. The molecular weight excluding hydrogens is 394 g/mol. The summed E-state index contributed by atoms with van der Waals surface area (Å²) in [5.41, 5.74) is 2.35. The first kappa shape index (κ1) is 21.9. The van der Waals surface area contributed by atoms with Crippen LogP contribution < -0.4 is 9.47 Å². The van der Waals surface area contributed by atoms with E-state index < -0.39 is 6.10 Å². The number of rotatable bonds is 7. The molecule has 0 aromatic heterocycles. The van der Waals surface area contributed by atoms with Crippen molar-refractivity contribution in [1.82, 2.24) is 4.90 Å². The van der Waals surface area contributed by atoms with Gasteiger partial charge in [0, 0.05) is 25.8 Å². The summed E-state index contributed by atoms with van der Waals surface area (Å²) < 4.78 is 16.9. The number of hydrogen-bond donors (Lipinski definition) is 2. The minimum atomic E-state index is -0.549. The molecule has 2 heterocycles. The van der Waals surface area contributed by atoms with Crippen LogP contribution in [0.25, 0.3) is 11.1 Å². The normalized spacial score (nSPS) is 19.8. The molecule has 31 heavy (non-hydrogen) atoms. The summed E-state index contributed by atoms with van der Waals surface area (Å²) in [7, 11) is 1.62. The molecule has 2 saturated heterocycles. The lowest BCUT2D eigenvalue weighted by Gasteiger charge is -2.44. The van der Waals surface area contributed by atoms with Crippen molar-refractivity contribution in [3.05, 3.63) is 42.5 Å². The maximum atomic E-state index is 10.6. The Morgan fingerprint density at radius 3 is 2.32 bits per heavy atom. The summed E-state index contributed by atoms with van der Waals surface area (Å²) in [5.74, 6) is 1.57. The first-order valence-corrected chi connectivity index (χ1v) is 11.1. The molecule has 0 radical (unpaired) electrons. The molecule has 0 saturated carbocycles.